The molecule has 168 valence electrons. The smallest absolute Gasteiger partial charge is 0.338 e. The molecular weight excluding hydrogens is 452 g/mol. The Balaban J connectivity index is 1.68. The minimum absolute atomic E-state index is 0.0979. The van der Waals surface area contributed by atoms with E-state index < -0.39 is 5.97 Å². The van der Waals surface area contributed by atoms with Crippen LogP contribution in [-0.2, 0) is 16.1 Å². The van der Waals surface area contributed by atoms with E-state index in [4.69, 9.17) is 21.1 Å². The molecule has 8 nitrogen and oxygen atoms in total. The maximum atomic E-state index is 12.5. The van der Waals surface area contributed by atoms with E-state index in [9.17, 15) is 9.59 Å². The normalized spacial score (nSPS) is 10.6. The van der Waals surface area contributed by atoms with Gasteiger partial charge in [0.15, 0.2) is 11.0 Å². The molecule has 32 heavy (non-hydrogen) atoms. The van der Waals surface area contributed by atoms with Gasteiger partial charge in [0.2, 0.25) is 5.91 Å². The molecule has 10 heteroatoms. The average Bonchev–Trinajstić information content (AvgIpc) is 3.22. The molecule has 3 aromatic rings. The van der Waals surface area contributed by atoms with Crippen LogP contribution in [0.25, 0.3) is 11.4 Å². The molecule has 0 aliphatic heterocycles. The number of anilines is 1. The Hall–Kier alpha value is -3.04. The Labute approximate surface area is 195 Å². The number of nitrogens with zero attached hydrogens (tertiary/aromatic N) is 3. The van der Waals surface area contributed by atoms with Gasteiger partial charge in [-0.1, -0.05) is 23.4 Å². The predicted molar refractivity (Wildman–Crippen MR) is 124 cm³/mol. The lowest BCUT2D eigenvalue weighted by atomic mass is 10.2. The summed E-state index contributed by atoms with van der Waals surface area (Å²) in [5.74, 6) is 0.808. The molecule has 1 aromatic heterocycles. The van der Waals surface area contributed by atoms with Crippen molar-refractivity contribution >= 4 is 40.9 Å². The van der Waals surface area contributed by atoms with Crippen LogP contribution in [0.2, 0.25) is 5.02 Å². The maximum absolute atomic E-state index is 12.5. The van der Waals surface area contributed by atoms with Crippen molar-refractivity contribution in [1.82, 2.24) is 14.8 Å². The fourth-order valence-electron chi connectivity index (χ4n) is 2.91. The molecular formula is C22H23ClN4O4S. The van der Waals surface area contributed by atoms with Gasteiger partial charge in [-0.15, -0.1) is 10.2 Å². The van der Waals surface area contributed by atoms with E-state index in [2.05, 4.69) is 15.5 Å². The number of aromatic nitrogens is 3. The van der Waals surface area contributed by atoms with Crippen LogP contribution in [0.15, 0.2) is 47.6 Å². The van der Waals surface area contributed by atoms with E-state index in [1.54, 1.807) is 26.2 Å². The van der Waals surface area contributed by atoms with Crippen LogP contribution in [0.4, 0.5) is 5.69 Å². The van der Waals surface area contributed by atoms with Gasteiger partial charge in [-0.05, 0) is 56.3 Å². The summed E-state index contributed by atoms with van der Waals surface area (Å²) in [7, 11) is 1.61. The van der Waals surface area contributed by atoms with Crippen molar-refractivity contribution in [3.05, 3.63) is 53.1 Å². The first-order valence-electron chi connectivity index (χ1n) is 9.93. The molecule has 1 N–H and O–H groups in total. The lowest BCUT2D eigenvalue weighted by Crippen LogP contribution is -2.15. The van der Waals surface area contributed by atoms with Gasteiger partial charge in [-0.3, -0.25) is 4.79 Å². The fraction of sp³-hybridized carbons (Fsp3) is 0.273. The van der Waals surface area contributed by atoms with Crippen molar-refractivity contribution in [3.63, 3.8) is 0 Å². The molecule has 0 fully saturated rings. The highest BCUT2D eigenvalue weighted by atomic mass is 35.5. The minimum atomic E-state index is -0.476. The van der Waals surface area contributed by atoms with Crippen LogP contribution in [0, 0.1) is 0 Å². The second-order valence-corrected chi connectivity index (χ2v) is 7.88. The lowest BCUT2D eigenvalue weighted by Gasteiger charge is -2.10. The topological polar surface area (TPSA) is 95.3 Å². The van der Waals surface area contributed by atoms with Gasteiger partial charge in [-0.2, -0.15) is 0 Å². The zero-order valence-electron chi connectivity index (χ0n) is 17.9. The van der Waals surface area contributed by atoms with E-state index in [1.807, 2.05) is 35.8 Å². The van der Waals surface area contributed by atoms with Gasteiger partial charge < -0.3 is 19.4 Å². The van der Waals surface area contributed by atoms with Crippen molar-refractivity contribution in [2.45, 2.75) is 25.5 Å². The van der Waals surface area contributed by atoms with Gasteiger partial charge in [0.1, 0.15) is 5.75 Å². The van der Waals surface area contributed by atoms with E-state index in [0.717, 1.165) is 11.3 Å². The zero-order chi connectivity index (χ0) is 23.1. The number of esters is 1. The Bertz CT molecular complexity index is 1100. The van der Waals surface area contributed by atoms with Crippen LogP contribution in [0.5, 0.6) is 5.75 Å². The molecule has 2 aromatic carbocycles. The standard InChI is InChI=1S/C22H23ClN4O4S/c1-4-27-20(14-6-9-16(30-3)10-7-14)25-26-22(27)32-13-19(28)24-18-12-15(8-11-17(18)23)21(29)31-5-2/h6-12H,4-5,13H2,1-3H3,(H,24,28). The second kappa shape index (κ2) is 11.0. The van der Waals surface area contributed by atoms with E-state index in [0.29, 0.717) is 33.8 Å². The molecule has 0 aliphatic rings. The maximum Gasteiger partial charge on any atom is 0.338 e. The summed E-state index contributed by atoms with van der Waals surface area (Å²) in [5, 5.41) is 12.2. The summed E-state index contributed by atoms with van der Waals surface area (Å²) >= 11 is 7.44. The molecule has 1 heterocycles. The largest absolute Gasteiger partial charge is 0.497 e. The number of amides is 1. The van der Waals surface area contributed by atoms with Crippen molar-refractivity contribution in [2.24, 2.45) is 0 Å². The van der Waals surface area contributed by atoms with Crippen molar-refractivity contribution in [3.8, 4) is 17.1 Å². The molecule has 0 radical (unpaired) electrons. The Morgan fingerprint density at radius 3 is 2.53 bits per heavy atom. The predicted octanol–water partition coefficient (Wildman–Crippen LogP) is 4.53. The summed E-state index contributed by atoms with van der Waals surface area (Å²) in [6.07, 6.45) is 0. The molecule has 0 saturated heterocycles. The van der Waals surface area contributed by atoms with E-state index >= 15 is 0 Å². The highest BCUT2D eigenvalue weighted by molar-refractivity contribution is 7.99. The van der Waals surface area contributed by atoms with Crippen LogP contribution < -0.4 is 10.1 Å². The number of thioether (sulfide) groups is 1. The minimum Gasteiger partial charge on any atom is -0.497 e. The third kappa shape index (κ3) is 5.60. The Morgan fingerprint density at radius 2 is 1.88 bits per heavy atom. The number of benzene rings is 2. The molecule has 0 bridgehead atoms. The van der Waals surface area contributed by atoms with Crippen LogP contribution >= 0.6 is 23.4 Å². The molecule has 0 saturated carbocycles. The first-order valence-corrected chi connectivity index (χ1v) is 11.3. The number of carbonyl (C=O) groups excluding carboxylic acids is 2. The highest BCUT2D eigenvalue weighted by Gasteiger charge is 2.16. The van der Waals surface area contributed by atoms with Crippen molar-refractivity contribution < 1.29 is 19.1 Å². The van der Waals surface area contributed by atoms with Gasteiger partial charge >= 0.3 is 5.97 Å². The quantitative estimate of drug-likeness (QED) is 0.359. The molecule has 0 atom stereocenters. The number of methoxy groups -OCH3 is 1. The monoisotopic (exact) mass is 474 g/mol. The number of ether oxygens (including phenoxy) is 2. The molecule has 1 amide bonds. The number of hydrogen-bond acceptors (Lipinski definition) is 7. The SMILES string of the molecule is CCOC(=O)c1ccc(Cl)c(NC(=O)CSc2nnc(-c3ccc(OC)cc3)n2CC)c1. The summed E-state index contributed by atoms with van der Waals surface area (Å²) in [4.78, 5) is 24.4. The average molecular weight is 475 g/mol. The number of carbonyl (C=O) groups is 2. The van der Waals surface area contributed by atoms with E-state index in [-0.39, 0.29) is 18.3 Å². The highest BCUT2D eigenvalue weighted by Crippen LogP contribution is 2.27. The van der Waals surface area contributed by atoms with Gasteiger partial charge in [0, 0.05) is 12.1 Å². The molecule has 0 aliphatic carbocycles. The van der Waals surface area contributed by atoms with E-state index in [1.165, 1.54) is 17.8 Å². The van der Waals surface area contributed by atoms with Crippen LogP contribution in [0.1, 0.15) is 24.2 Å². The first-order chi connectivity index (χ1) is 15.5. The van der Waals surface area contributed by atoms with Gasteiger partial charge in [-0.25, -0.2) is 4.79 Å². The first kappa shape index (κ1) is 23.6. The third-order valence-electron chi connectivity index (χ3n) is 4.47. The summed E-state index contributed by atoms with van der Waals surface area (Å²) < 4.78 is 12.1. The van der Waals surface area contributed by atoms with Crippen molar-refractivity contribution in [2.75, 3.05) is 24.8 Å². The second-order valence-electron chi connectivity index (χ2n) is 6.53. The Kier molecular flexibility index (Phi) is 8.13. The lowest BCUT2D eigenvalue weighted by molar-refractivity contribution is -0.113. The van der Waals surface area contributed by atoms with Gasteiger partial charge in [0.05, 0.1) is 35.7 Å². The number of hydrogen-bond donors (Lipinski definition) is 1. The zero-order valence-corrected chi connectivity index (χ0v) is 19.5. The number of nitrogens with one attached hydrogen (secondary N) is 1. The fourth-order valence-corrected chi connectivity index (χ4v) is 3.88. The number of halogens is 1. The van der Waals surface area contributed by atoms with Crippen LogP contribution in [0.3, 0.4) is 0 Å². The molecule has 0 spiro atoms. The summed E-state index contributed by atoms with van der Waals surface area (Å²) in [5.41, 5.74) is 1.56. The molecule has 3 rings (SSSR count). The third-order valence-corrected chi connectivity index (χ3v) is 5.76. The number of rotatable bonds is 9. The van der Waals surface area contributed by atoms with Crippen molar-refractivity contribution in [1.29, 1.82) is 0 Å². The molecule has 0 unspecified atom stereocenters. The Morgan fingerprint density at radius 1 is 1.12 bits per heavy atom. The van der Waals surface area contributed by atoms with Crippen LogP contribution in [-0.4, -0.2) is 46.1 Å². The van der Waals surface area contributed by atoms with Gasteiger partial charge in [0.25, 0.3) is 0 Å². The summed E-state index contributed by atoms with van der Waals surface area (Å²) in [6.45, 7) is 4.62. The summed E-state index contributed by atoms with van der Waals surface area (Å²) in [6, 6.07) is 12.1.